The molecule has 2 rings (SSSR count). The van der Waals surface area contributed by atoms with E-state index in [-0.39, 0.29) is 5.97 Å². The highest BCUT2D eigenvalue weighted by molar-refractivity contribution is 5.88. The van der Waals surface area contributed by atoms with Crippen LogP contribution in [0.4, 0.5) is 0 Å². The summed E-state index contributed by atoms with van der Waals surface area (Å²) in [5.74, 6) is -0.348. The van der Waals surface area contributed by atoms with Crippen molar-refractivity contribution >= 4 is 5.97 Å². The maximum absolute atomic E-state index is 11.6. The lowest BCUT2D eigenvalue weighted by atomic mass is 10.3. The van der Waals surface area contributed by atoms with Crippen molar-refractivity contribution < 1.29 is 14.4 Å². The summed E-state index contributed by atoms with van der Waals surface area (Å²) in [4.78, 5) is 20.6. The molecule has 1 saturated heterocycles. The molecule has 2 heterocycles. The van der Waals surface area contributed by atoms with Gasteiger partial charge in [-0.15, -0.1) is 5.06 Å². The van der Waals surface area contributed by atoms with E-state index in [1.807, 2.05) is 0 Å². The number of ether oxygens (including phenoxy) is 1. The first-order valence-electron chi connectivity index (χ1n) is 4.81. The highest BCUT2D eigenvalue weighted by atomic mass is 16.7. The smallest absolute Gasteiger partial charge is 0.357 e. The third-order valence-corrected chi connectivity index (χ3v) is 2.10. The molecule has 0 saturated carbocycles. The van der Waals surface area contributed by atoms with Crippen molar-refractivity contribution in [1.29, 1.82) is 0 Å². The third kappa shape index (κ3) is 2.74. The molecule has 1 aliphatic heterocycles. The van der Waals surface area contributed by atoms with Crippen LogP contribution in [0.2, 0.25) is 0 Å². The Hall–Kier alpha value is -1.46. The first-order valence-corrected chi connectivity index (χ1v) is 4.81. The van der Waals surface area contributed by atoms with Crippen LogP contribution in [0.15, 0.2) is 24.5 Å². The topological polar surface area (TPSA) is 51.7 Å². The normalized spacial score (nSPS) is 17.3. The third-order valence-electron chi connectivity index (χ3n) is 2.10. The fourth-order valence-corrected chi connectivity index (χ4v) is 1.30. The van der Waals surface area contributed by atoms with Gasteiger partial charge in [-0.1, -0.05) is 0 Å². The molecule has 0 radical (unpaired) electrons. The Bertz CT molecular complexity index is 323. The number of aromatic nitrogens is 1. The molecule has 5 nitrogen and oxygen atoms in total. The monoisotopic (exact) mass is 208 g/mol. The summed E-state index contributed by atoms with van der Waals surface area (Å²) < 4.78 is 5.14. The summed E-state index contributed by atoms with van der Waals surface area (Å²) in [5.41, 5.74) is 0.511. The zero-order valence-corrected chi connectivity index (χ0v) is 8.26. The lowest BCUT2D eigenvalue weighted by molar-refractivity contribution is -0.150. The minimum atomic E-state index is -0.348. The van der Waals surface area contributed by atoms with Crippen molar-refractivity contribution in [3.8, 4) is 0 Å². The molecule has 15 heavy (non-hydrogen) atoms. The minimum Gasteiger partial charge on any atom is -0.379 e. The van der Waals surface area contributed by atoms with Crippen LogP contribution in [0.1, 0.15) is 10.4 Å². The van der Waals surface area contributed by atoms with Crippen molar-refractivity contribution in [3.05, 3.63) is 30.1 Å². The van der Waals surface area contributed by atoms with Crippen LogP contribution in [-0.2, 0) is 9.57 Å². The van der Waals surface area contributed by atoms with Crippen LogP contribution < -0.4 is 0 Å². The molecule has 0 amide bonds. The van der Waals surface area contributed by atoms with Gasteiger partial charge in [0.05, 0.1) is 31.9 Å². The van der Waals surface area contributed by atoms with Gasteiger partial charge in [-0.25, -0.2) is 4.79 Å². The lowest BCUT2D eigenvalue weighted by Crippen LogP contribution is -2.37. The predicted octanol–water partition coefficient (Wildman–Crippen LogP) is 0.486. The number of carbonyl (C=O) groups is 1. The van der Waals surface area contributed by atoms with Crippen LogP contribution in [-0.4, -0.2) is 42.3 Å². The van der Waals surface area contributed by atoms with E-state index >= 15 is 0 Å². The molecular formula is C10H12N2O3. The molecule has 0 spiro atoms. The van der Waals surface area contributed by atoms with Gasteiger partial charge in [-0.05, 0) is 12.1 Å². The summed E-state index contributed by atoms with van der Waals surface area (Å²) in [7, 11) is 0. The standard InChI is InChI=1S/C10H12N2O3/c13-10(9-1-3-11-4-2-9)15-12-5-7-14-8-6-12/h1-4H,5-8H2. The van der Waals surface area contributed by atoms with Crippen molar-refractivity contribution in [2.45, 2.75) is 0 Å². The Morgan fingerprint density at radius 2 is 2.00 bits per heavy atom. The van der Waals surface area contributed by atoms with E-state index in [2.05, 4.69) is 4.98 Å². The first-order chi connectivity index (χ1) is 7.36. The predicted molar refractivity (Wildman–Crippen MR) is 52.0 cm³/mol. The highest BCUT2D eigenvalue weighted by Gasteiger charge is 2.16. The maximum atomic E-state index is 11.6. The van der Waals surface area contributed by atoms with Gasteiger partial charge >= 0.3 is 5.97 Å². The van der Waals surface area contributed by atoms with E-state index in [0.717, 1.165) is 0 Å². The number of hydrogen-bond acceptors (Lipinski definition) is 5. The zero-order valence-electron chi connectivity index (χ0n) is 8.26. The average Bonchev–Trinajstić information content (AvgIpc) is 2.31. The number of hydrogen-bond donors (Lipinski definition) is 0. The van der Waals surface area contributed by atoms with Gasteiger partial charge in [-0.2, -0.15) is 0 Å². The average molecular weight is 208 g/mol. The maximum Gasteiger partial charge on any atom is 0.357 e. The van der Waals surface area contributed by atoms with Crippen LogP contribution in [0.25, 0.3) is 0 Å². The number of nitrogens with zero attached hydrogens (tertiary/aromatic N) is 2. The zero-order chi connectivity index (χ0) is 10.5. The number of morpholine rings is 1. The van der Waals surface area contributed by atoms with Gasteiger partial charge in [0, 0.05) is 12.4 Å². The minimum absolute atomic E-state index is 0.348. The summed E-state index contributed by atoms with van der Waals surface area (Å²) in [6.45, 7) is 2.45. The van der Waals surface area contributed by atoms with Crippen LogP contribution in [0, 0.1) is 0 Å². The molecule has 1 fully saturated rings. The van der Waals surface area contributed by atoms with Crippen molar-refractivity contribution in [1.82, 2.24) is 10.0 Å². The summed E-state index contributed by atoms with van der Waals surface area (Å²) in [5, 5.41) is 1.62. The van der Waals surface area contributed by atoms with E-state index in [9.17, 15) is 4.79 Å². The molecular weight excluding hydrogens is 196 g/mol. The molecule has 80 valence electrons. The Morgan fingerprint density at radius 1 is 1.33 bits per heavy atom. The second-order valence-corrected chi connectivity index (χ2v) is 3.16. The summed E-state index contributed by atoms with van der Waals surface area (Å²) >= 11 is 0. The van der Waals surface area contributed by atoms with Crippen molar-refractivity contribution in [2.24, 2.45) is 0 Å². The molecule has 0 aliphatic carbocycles. The summed E-state index contributed by atoms with van der Waals surface area (Å²) in [6.07, 6.45) is 3.13. The van der Waals surface area contributed by atoms with E-state index in [1.165, 1.54) is 0 Å². The Kier molecular flexibility index (Phi) is 3.26. The SMILES string of the molecule is O=C(ON1CCOCC1)c1ccncc1. The van der Waals surface area contributed by atoms with Gasteiger partial charge in [0.1, 0.15) is 0 Å². The largest absolute Gasteiger partial charge is 0.379 e. The fourth-order valence-electron chi connectivity index (χ4n) is 1.30. The lowest BCUT2D eigenvalue weighted by Gasteiger charge is -2.24. The molecule has 1 aromatic rings. The van der Waals surface area contributed by atoms with Crippen LogP contribution in [0.5, 0.6) is 0 Å². The Morgan fingerprint density at radius 3 is 2.67 bits per heavy atom. The van der Waals surface area contributed by atoms with E-state index in [4.69, 9.17) is 9.57 Å². The number of pyridine rings is 1. The second-order valence-electron chi connectivity index (χ2n) is 3.16. The number of rotatable bonds is 2. The van der Waals surface area contributed by atoms with Gasteiger partial charge in [0.2, 0.25) is 0 Å². The Labute approximate surface area is 87.6 Å². The fraction of sp³-hybridized carbons (Fsp3) is 0.400. The van der Waals surface area contributed by atoms with E-state index in [0.29, 0.717) is 31.9 Å². The number of hydroxylamine groups is 2. The highest BCUT2D eigenvalue weighted by Crippen LogP contribution is 2.04. The van der Waals surface area contributed by atoms with E-state index in [1.54, 1.807) is 29.6 Å². The van der Waals surface area contributed by atoms with Crippen LogP contribution >= 0.6 is 0 Å². The molecule has 0 aromatic carbocycles. The first kappa shape index (κ1) is 10.1. The van der Waals surface area contributed by atoms with E-state index < -0.39 is 0 Å². The molecule has 0 N–H and O–H groups in total. The Balaban J connectivity index is 1.91. The van der Waals surface area contributed by atoms with Gasteiger partial charge < -0.3 is 9.57 Å². The molecule has 1 aromatic heterocycles. The van der Waals surface area contributed by atoms with Gasteiger partial charge in [0.25, 0.3) is 0 Å². The van der Waals surface area contributed by atoms with Gasteiger partial charge in [0.15, 0.2) is 0 Å². The molecule has 0 atom stereocenters. The molecule has 0 bridgehead atoms. The van der Waals surface area contributed by atoms with Crippen molar-refractivity contribution in [3.63, 3.8) is 0 Å². The quantitative estimate of drug-likeness (QED) is 0.707. The molecule has 1 aliphatic rings. The molecule has 0 unspecified atom stereocenters. The molecule has 5 heteroatoms. The van der Waals surface area contributed by atoms with Crippen molar-refractivity contribution in [2.75, 3.05) is 26.3 Å². The second kappa shape index (κ2) is 4.86. The van der Waals surface area contributed by atoms with Crippen LogP contribution in [0.3, 0.4) is 0 Å². The number of carbonyl (C=O) groups excluding carboxylic acids is 1. The summed E-state index contributed by atoms with van der Waals surface area (Å²) in [6, 6.07) is 3.26. The van der Waals surface area contributed by atoms with Gasteiger partial charge in [-0.3, -0.25) is 4.98 Å².